The molecule has 4 aliphatic rings. The summed E-state index contributed by atoms with van der Waals surface area (Å²) < 4.78 is 66.8. The molecule has 2 N–H and O–H groups in total. The summed E-state index contributed by atoms with van der Waals surface area (Å²) in [6, 6.07) is 23.8. The maximum atomic E-state index is 14.2. The number of hydrogen-bond donors (Lipinski definition) is 2. The Morgan fingerprint density at radius 3 is 1.83 bits per heavy atom. The van der Waals surface area contributed by atoms with Crippen molar-refractivity contribution in [2.75, 3.05) is 40.9 Å². The van der Waals surface area contributed by atoms with Gasteiger partial charge >= 0.3 is 15.9 Å². The Morgan fingerprint density at radius 1 is 0.746 bits per heavy atom. The average Bonchev–Trinajstić information content (AvgIpc) is 3.98. The van der Waals surface area contributed by atoms with Crippen molar-refractivity contribution in [3.05, 3.63) is 136 Å². The van der Waals surface area contributed by atoms with E-state index in [1.54, 1.807) is 12.1 Å². The molecule has 0 saturated heterocycles. The lowest BCUT2D eigenvalue weighted by molar-refractivity contribution is -0.432. The van der Waals surface area contributed by atoms with Crippen LogP contribution < -0.4 is 9.80 Å². The van der Waals surface area contributed by atoms with Crippen molar-refractivity contribution in [1.82, 2.24) is 0 Å². The summed E-state index contributed by atoms with van der Waals surface area (Å²) in [4.78, 5) is 10.2. The number of para-hydroxylation sites is 2. The fraction of sp³-hybridized carbons (Fsp3) is 0.417. The van der Waals surface area contributed by atoms with E-state index in [0.717, 1.165) is 77.4 Å². The van der Waals surface area contributed by atoms with Crippen LogP contribution in [-0.2, 0) is 40.3 Å². The number of sulfonamides is 1. The molecule has 15 heteroatoms. The lowest BCUT2D eigenvalue weighted by Crippen LogP contribution is -2.27. The van der Waals surface area contributed by atoms with Gasteiger partial charge in [0.25, 0.3) is 10.1 Å². The molecule has 0 atom stereocenters. The predicted octanol–water partition coefficient (Wildman–Crippen LogP) is 9.86. The number of aryl methyl sites for hydroxylation is 1. The molecule has 0 radical (unpaired) electrons. The Labute approximate surface area is 377 Å². The number of amidine groups is 1. The van der Waals surface area contributed by atoms with Crippen LogP contribution in [0, 0.1) is 6.92 Å². The van der Waals surface area contributed by atoms with Gasteiger partial charge in [0.2, 0.25) is 0 Å². The minimum Gasteiger partial charge on any atom is -0.344 e. The maximum absolute atomic E-state index is 14.2. The van der Waals surface area contributed by atoms with Crippen LogP contribution in [0.1, 0.15) is 95.8 Å². The number of rotatable bonds is 16. The van der Waals surface area contributed by atoms with Gasteiger partial charge in [-0.1, -0.05) is 99.0 Å². The molecule has 12 nitrogen and oxygen atoms in total. The number of allylic oxidation sites excluding steroid dienone is 8. The molecule has 3 heterocycles. The van der Waals surface area contributed by atoms with Gasteiger partial charge in [0, 0.05) is 75.6 Å². The Balaban J connectivity index is 1.30. The van der Waals surface area contributed by atoms with Crippen LogP contribution in [0.2, 0.25) is 0 Å². The second kappa shape index (κ2) is 19.4. The van der Waals surface area contributed by atoms with Crippen LogP contribution in [-0.4, -0.2) is 73.3 Å². The third-order valence-electron chi connectivity index (χ3n) is 12.6. The third kappa shape index (κ3) is 10.1. The van der Waals surface area contributed by atoms with Gasteiger partial charge in [0.05, 0.1) is 12.2 Å². The largest absolute Gasteiger partial charge is 0.344 e. The molecular formula is C48H59N4O8S3+. The fourth-order valence-corrected chi connectivity index (χ4v) is 11.8. The van der Waals surface area contributed by atoms with E-state index in [1.807, 2.05) is 31.2 Å². The Hall–Kier alpha value is -4.35. The molecule has 3 aromatic carbocycles. The molecule has 0 spiro atoms. The van der Waals surface area contributed by atoms with Gasteiger partial charge < -0.3 is 9.80 Å². The average molecular weight is 916 g/mol. The molecule has 1 aliphatic carbocycles. The van der Waals surface area contributed by atoms with E-state index in [0.29, 0.717) is 56.8 Å². The standard InChI is InChI=1S/C48H58N4O8S3/c1-35-20-26-38(27-21-35)63(57,58)52-32-14-19-45(52)49-46-36(24-28-43-47(2,3)39-15-6-8-17-41(39)50(43)30-10-12-33-61-60-59-53)22-23-37(46)25-29-44-48(4,5)40-16-7-9-18-42(40)51(44)31-11-13-34-62(54,55)56/h6-9,15-18,20-21,24-29H,10-14,19,22-23,30-34H2,1-5H3,(H-,53,54,55,56)/p+1. The summed E-state index contributed by atoms with van der Waals surface area (Å²) in [6.07, 6.45) is 14.0. The number of hydrogen-bond acceptors (Lipinski definition) is 11. The van der Waals surface area contributed by atoms with E-state index >= 15 is 0 Å². The summed E-state index contributed by atoms with van der Waals surface area (Å²) in [5.41, 5.74) is 10.0. The molecule has 3 aliphatic heterocycles. The first kappa shape index (κ1) is 46.6. The van der Waals surface area contributed by atoms with Gasteiger partial charge in [0.1, 0.15) is 11.4 Å². The van der Waals surface area contributed by atoms with Crippen molar-refractivity contribution in [1.29, 1.82) is 0 Å². The van der Waals surface area contributed by atoms with Crippen LogP contribution in [0.4, 0.5) is 11.4 Å². The summed E-state index contributed by atoms with van der Waals surface area (Å²) in [5, 5.41) is 12.3. The van der Waals surface area contributed by atoms with Crippen molar-refractivity contribution >= 4 is 55.1 Å². The van der Waals surface area contributed by atoms with Gasteiger partial charge in [-0.3, -0.25) is 4.55 Å². The molecule has 3 aromatic rings. The van der Waals surface area contributed by atoms with Crippen molar-refractivity contribution < 1.29 is 40.0 Å². The van der Waals surface area contributed by atoms with E-state index in [-0.39, 0.29) is 21.5 Å². The summed E-state index contributed by atoms with van der Waals surface area (Å²) in [5.74, 6) is 0.910. The molecule has 0 aromatic heterocycles. The monoisotopic (exact) mass is 915 g/mol. The second-order valence-electron chi connectivity index (χ2n) is 17.6. The van der Waals surface area contributed by atoms with Crippen LogP contribution in [0.5, 0.6) is 0 Å². The number of aliphatic imine (C=N–C) groups is 1. The molecule has 336 valence electrons. The zero-order valence-corrected chi connectivity index (χ0v) is 39.2. The van der Waals surface area contributed by atoms with E-state index in [1.165, 1.54) is 20.8 Å². The van der Waals surface area contributed by atoms with Gasteiger partial charge in [-0.2, -0.15) is 16.8 Å². The maximum Gasteiger partial charge on any atom is 0.330 e. The molecule has 0 amide bonds. The lowest BCUT2D eigenvalue weighted by Gasteiger charge is -2.27. The second-order valence-corrected chi connectivity index (χ2v) is 21.8. The highest BCUT2D eigenvalue weighted by Crippen LogP contribution is 2.49. The fourth-order valence-electron chi connectivity index (χ4n) is 9.32. The molecule has 63 heavy (non-hydrogen) atoms. The predicted molar refractivity (Wildman–Crippen MR) is 253 cm³/mol. The number of anilines is 2. The lowest BCUT2D eigenvalue weighted by atomic mass is 9.83. The van der Waals surface area contributed by atoms with Crippen molar-refractivity contribution in [3.63, 3.8) is 0 Å². The SMILES string of the molecule is Cc1ccc(S(=O)(=O)[N+]2=C(N=C3C(=CC=C4N(CCCCSOOO)c5ccccc5C4(C)C)CCC3=CC=C3N(CCCCS(=O)(=O)O)c4ccccc4C3(C)C)CCC2)cc1. The van der Waals surface area contributed by atoms with Crippen LogP contribution >= 0.6 is 12.0 Å². The molecule has 1 saturated carbocycles. The summed E-state index contributed by atoms with van der Waals surface area (Å²) in [6.45, 7) is 12.5. The van der Waals surface area contributed by atoms with Crippen LogP contribution in [0.3, 0.4) is 0 Å². The van der Waals surface area contributed by atoms with Gasteiger partial charge in [-0.15, -0.1) is 8.31 Å². The van der Waals surface area contributed by atoms with Gasteiger partial charge in [-0.25, -0.2) is 5.26 Å². The molecule has 7 rings (SSSR count). The molecule has 0 bridgehead atoms. The number of benzene rings is 3. The number of unbranched alkanes of at least 4 members (excludes halogenated alkanes) is 2. The van der Waals surface area contributed by atoms with Crippen molar-refractivity contribution in [3.8, 4) is 0 Å². The Morgan fingerprint density at radius 2 is 1.29 bits per heavy atom. The molecule has 1 fully saturated rings. The highest BCUT2D eigenvalue weighted by atomic mass is 32.2. The van der Waals surface area contributed by atoms with E-state index in [4.69, 9.17) is 10.2 Å². The molecule has 0 unspecified atom stereocenters. The van der Waals surface area contributed by atoms with E-state index in [2.05, 4.69) is 108 Å². The minimum atomic E-state index is -4.06. The van der Waals surface area contributed by atoms with Crippen molar-refractivity contribution in [2.45, 2.75) is 102 Å². The summed E-state index contributed by atoms with van der Waals surface area (Å²) in [7, 11) is -7.90. The highest BCUT2D eigenvalue weighted by molar-refractivity contribution is 7.94. The quantitative estimate of drug-likeness (QED) is 0.0353. The van der Waals surface area contributed by atoms with Crippen LogP contribution in [0.15, 0.2) is 130 Å². The zero-order valence-electron chi connectivity index (χ0n) is 36.8. The first-order valence-corrected chi connectivity index (χ1v) is 25.7. The first-order chi connectivity index (χ1) is 30.0. The number of fused-ring (bicyclic) bond motifs is 2. The number of nitrogens with zero attached hydrogens (tertiary/aromatic N) is 4. The van der Waals surface area contributed by atoms with Gasteiger partial charge in [-0.05, 0) is 104 Å². The van der Waals surface area contributed by atoms with Gasteiger partial charge in [0.15, 0.2) is 5.71 Å². The topological polar surface area (TPSA) is 149 Å². The highest BCUT2D eigenvalue weighted by Gasteiger charge is 2.41. The third-order valence-corrected chi connectivity index (χ3v) is 15.9. The van der Waals surface area contributed by atoms with E-state index < -0.39 is 20.1 Å². The van der Waals surface area contributed by atoms with Crippen LogP contribution in [0.25, 0.3) is 0 Å². The minimum absolute atomic E-state index is 0.246. The Bertz CT molecular complexity index is 2610. The van der Waals surface area contributed by atoms with Crippen molar-refractivity contribution in [2.24, 2.45) is 4.99 Å². The van der Waals surface area contributed by atoms with E-state index in [9.17, 15) is 21.4 Å². The smallest absolute Gasteiger partial charge is 0.330 e. The molecular weight excluding hydrogens is 857 g/mol. The zero-order chi connectivity index (χ0) is 45.0. The Kier molecular flexibility index (Phi) is 14.4. The summed E-state index contributed by atoms with van der Waals surface area (Å²) >= 11 is 1.07. The normalized spacial score (nSPS) is 21.5. The first-order valence-electron chi connectivity index (χ1n) is 21.7.